The zero-order valence-corrected chi connectivity index (χ0v) is 12.1. The van der Waals surface area contributed by atoms with Gasteiger partial charge >= 0.3 is 0 Å². The lowest BCUT2D eigenvalue weighted by Crippen LogP contribution is -2.51. The first kappa shape index (κ1) is 14.1. The second-order valence-corrected chi connectivity index (χ2v) is 5.68. The molecule has 0 radical (unpaired) electrons. The van der Waals surface area contributed by atoms with Gasteiger partial charge in [0.2, 0.25) is 11.8 Å². The van der Waals surface area contributed by atoms with Gasteiger partial charge in [-0.15, -0.1) is 0 Å². The molecule has 2 N–H and O–H groups in total. The number of piperidine rings is 1. The molecule has 1 aliphatic heterocycles. The van der Waals surface area contributed by atoms with Crippen LogP contribution in [0.4, 0.5) is 0 Å². The van der Waals surface area contributed by atoms with E-state index in [0.717, 1.165) is 25.0 Å². The number of carbonyl (C=O) groups is 2. The van der Waals surface area contributed by atoms with Crippen molar-refractivity contribution in [3.8, 4) is 5.75 Å². The minimum Gasteiger partial charge on any atom is -0.497 e. The Labute approximate surface area is 124 Å². The lowest BCUT2D eigenvalue weighted by molar-refractivity contribution is -0.134. The van der Waals surface area contributed by atoms with Gasteiger partial charge in [-0.3, -0.25) is 20.2 Å². The van der Waals surface area contributed by atoms with Gasteiger partial charge in [0.25, 0.3) is 0 Å². The molecule has 1 aromatic carbocycles. The molecule has 2 atom stereocenters. The van der Waals surface area contributed by atoms with Crippen molar-refractivity contribution in [2.45, 2.75) is 44.2 Å². The molecular formula is C16H20N2O3. The maximum absolute atomic E-state index is 11.9. The number of hydrogen-bond acceptors (Lipinski definition) is 4. The molecule has 1 fully saturated rings. The molecule has 112 valence electrons. The monoisotopic (exact) mass is 288 g/mol. The molecule has 2 aliphatic rings. The molecule has 0 saturated carbocycles. The van der Waals surface area contributed by atoms with Crippen LogP contribution in [0.3, 0.4) is 0 Å². The Balaban J connectivity index is 1.76. The first-order chi connectivity index (χ1) is 10.2. The van der Waals surface area contributed by atoms with Crippen LogP contribution < -0.4 is 15.4 Å². The van der Waals surface area contributed by atoms with E-state index in [0.29, 0.717) is 12.8 Å². The van der Waals surface area contributed by atoms with Crippen molar-refractivity contribution < 1.29 is 14.3 Å². The number of imide groups is 1. The predicted octanol–water partition coefficient (Wildman–Crippen LogP) is 1.47. The minimum absolute atomic E-state index is 0.170. The maximum atomic E-state index is 11.9. The Hall–Kier alpha value is -1.88. The van der Waals surface area contributed by atoms with Gasteiger partial charge in [0.15, 0.2) is 0 Å². The fourth-order valence-electron chi connectivity index (χ4n) is 3.19. The minimum atomic E-state index is -0.277. The standard InChI is InChI=1S/C16H20N2O3/c1-21-11-5-6-12-10(9-11)3-2-4-13(12)17-14-7-8-15(19)18-16(14)20/h5-6,9,13-14,17H,2-4,7-8H2,1H3,(H,18,19,20). The fourth-order valence-corrected chi connectivity index (χ4v) is 3.19. The summed E-state index contributed by atoms with van der Waals surface area (Å²) < 4.78 is 5.27. The van der Waals surface area contributed by atoms with E-state index in [1.165, 1.54) is 11.1 Å². The zero-order chi connectivity index (χ0) is 14.8. The van der Waals surface area contributed by atoms with E-state index < -0.39 is 0 Å². The third-order valence-corrected chi connectivity index (χ3v) is 4.31. The quantitative estimate of drug-likeness (QED) is 0.827. The number of carbonyl (C=O) groups excluding carboxylic acids is 2. The van der Waals surface area contributed by atoms with E-state index in [2.05, 4.69) is 22.8 Å². The van der Waals surface area contributed by atoms with Gasteiger partial charge < -0.3 is 4.74 Å². The number of amides is 2. The van der Waals surface area contributed by atoms with Crippen LogP contribution in [0.2, 0.25) is 0 Å². The number of aryl methyl sites for hydroxylation is 1. The molecule has 2 unspecified atom stereocenters. The summed E-state index contributed by atoms with van der Waals surface area (Å²) >= 11 is 0. The Morgan fingerprint density at radius 1 is 1.19 bits per heavy atom. The topological polar surface area (TPSA) is 67.4 Å². The molecule has 1 aliphatic carbocycles. The summed E-state index contributed by atoms with van der Waals surface area (Å²) in [5, 5.41) is 5.82. The van der Waals surface area contributed by atoms with Gasteiger partial charge in [-0.05, 0) is 48.9 Å². The number of methoxy groups -OCH3 is 1. The largest absolute Gasteiger partial charge is 0.497 e. The van der Waals surface area contributed by atoms with Gasteiger partial charge in [0, 0.05) is 12.5 Å². The van der Waals surface area contributed by atoms with Crippen molar-refractivity contribution in [1.82, 2.24) is 10.6 Å². The smallest absolute Gasteiger partial charge is 0.243 e. The van der Waals surface area contributed by atoms with Crippen molar-refractivity contribution in [3.63, 3.8) is 0 Å². The van der Waals surface area contributed by atoms with Gasteiger partial charge in [0.1, 0.15) is 5.75 Å². The van der Waals surface area contributed by atoms with Gasteiger partial charge in [-0.1, -0.05) is 6.07 Å². The van der Waals surface area contributed by atoms with Gasteiger partial charge in [-0.25, -0.2) is 0 Å². The molecular weight excluding hydrogens is 268 g/mol. The Morgan fingerprint density at radius 2 is 2.05 bits per heavy atom. The summed E-state index contributed by atoms with van der Waals surface area (Å²) in [5.74, 6) is 0.495. The maximum Gasteiger partial charge on any atom is 0.243 e. The highest BCUT2D eigenvalue weighted by Gasteiger charge is 2.30. The van der Waals surface area contributed by atoms with E-state index in [1.807, 2.05) is 6.07 Å². The van der Waals surface area contributed by atoms with Crippen LogP contribution in [0.1, 0.15) is 42.9 Å². The number of rotatable bonds is 3. The van der Waals surface area contributed by atoms with E-state index in [4.69, 9.17) is 4.74 Å². The summed E-state index contributed by atoms with van der Waals surface area (Å²) in [7, 11) is 1.67. The molecule has 2 amide bonds. The molecule has 21 heavy (non-hydrogen) atoms. The number of nitrogens with one attached hydrogen (secondary N) is 2. The molecule has 5 nitrogen and oxygen atoms in total. The summed E-state index contributed by atoms with van der Waals surface area (Å²) in [6.45, 7) is 0. The molecule has 5 heteroatoms. The Morgan fingerprint density at radius 3 is 2.81 bits per heavy atom. The molecule has 0 spiro atoms. The van der Waals surface area contributed by atoms with Crippen LogP contribution in [0, 0.1) is 0 Å². The first-order valence-corrected chi connectivity index (χ1v) is 7.44. The molecule has 0 bridgehead atoms. The van der Waals surface area contributed by atoms with Crippen molar-refractivity contribution >= 4 is 11.8 Å². The highest BCUT2D eigenvalue weighted by Crippen LogP contribution is 2.32. The van der Waals surface area contributed by atoms with Crippen LogP contribution >= 0.6 is 0 Å². The van der Waals surface area contributed by atoms with Gasteiger partial charge in [-0.2, -0.15) is 0 Å². The molecule has 3 rings (SSSR count). The van der Waals surface area contributed by atoms with Crippen molar-refractivity contribution in [3.05, 3.63) is 29.3 Å². The van der Waals surface area contributed by atoms with Crippen LogP contribution in [-0.2, 0) is 16.0 Å². The third kappa shape index (κ3) is 2.93. The molecule has 1 saturated heterocycles. The summed E-state index contributed by atoms with van der Waals surface area (Å²) in [4.78, 5) is 23.1. The predicted molar refractivity (Wildman–Crippen MR) is 78.0 cm³/mol. The second kappa shape index (κ2) is 5.85. The van der Waals surface area contributed by atoms with E-state index >= 15 is 0 Å². The second-order valence-electron chi connectivity index (χ2n) is 5.68. The highest BCUT2D eigenvalue weighted by atomic mass is 16.5. The lowest BCUT2D eigenvalue weighted by Gasteiger charge is -2.31. The van der Waals surface area contributed by atoms with E-state index in [-0.39, 0.29) is 23.9 Å². The van der Waals surface area contributed by atoms with E-state index in [1.54, 1.807) is 7.11 Å². The number of ether oxygens (including phenoxy) is 1. The average molecular weight is 288 g/mol. The zero-order valence-electron chi connectivity index (χ0n) is 12.1. The van der Waals surface area contributed by atoms with Crippen LogP contribution in [-0.4, -0.2) is 25.0 Å². The Kier molecular flexibility index (Phi) is 3.92. The lowest BCUT2D eigenvalue weighted by atomic mass is 9.86. The van der Waals surface area contributed by atoms with Crippen molar-refractivity contribution in [2.75, 3.05) is 7.11 Å². The average Bonchev–Trinajstić information content (AvgIpc) is 2.49. The SMILES string of the molecule is COc1ccc2c(c1)CCCC2NC1CCC(=O)NC1=O. The summed E-state index contributed by atoms with van der Waals surface area (Å²) in [5.41, 5.74) is 2.53. The normalized spacial score (nSPS) is 25.2. The molecule has 1 aromatic rings. The van der Waals surface area contributed by atoms with Crippen LogP contribution in [0.15, 0.2) is 18.2 Å². The fraction of sp³-hybridized carbons (Fsp3) is 0.500. The van der Waals surface area contributed by atoms with Crippen molar-refractivity contribution in [2.24, 2.45) is 0 Å². The van der Waals surface area contributed by atoms with Crippen LogP contribution in [0.25, 0.3) is 0 Å². The summed E-state index contributed by atoms with van der Waals surface area (Å²) in [6.07, 6.45) is 4.13. The number of hydrogen-bond donors (Lipinski definition) is 2. The summed E-state index contributed by atoms with van der Waals surface area (Å²) in [6, 6.07) is 6.01. The first-order valence-electron chi connectivity index (χ1n) is 7.44. The van der Waals surface area contributed by atoms with E-state index in [9.17, 15) is 9.59 Å². The highest BCUT2D eigenvalue weighted by molar-refractivity contribution is 6.00. The number of benzene rings is 1. The third-order valence-electron chi connectivity index (χ3n) is 4.31. The van der Waals surface area contributed by atoms with Gasteiger partial charge in [0.05, 0.1) is 13.2 Å². The Bertz CT molecular complexity index is 571. The van der Waals surface area contributed by atoms with Crippen molar-refractivity contribution in [1.29, 1.82) is 0 Å². The molecule has 0 aromatic heterocycles. The van der Waals surface area contributed by atoms with Crippen LogP contribution in [0.5, 0.6) is 5.75 Å². The molecule has 1 heterocycles. The number of fused-ring (bicyclic) bond motifs is 1.